The van der Waals surface area contributed by atoms with E-state index in [-0.39, 0.29) is 11.5 Å². The van der Waals surface area contributed by atoms with Gasteiger partial charge in [0.05, 0.1) is 11.1 Å². The minimum atomic E-state index is -0.536. The number of esters is 2. The Morgan fingerprint density at radius 3 is 1.14 bits per heavy atom. The highest BCUT2D eigenvalue weighted by Gasteiger charge is 2.24. The molecule has 0 saturated heterocycles. The molecule has 0 aliphatic heterocycles. The normalized spacial score (nSPS) is 11.4. The second kappa shape index (κ2) is 10.9. The van der Waals surface area contributed by atoms with Crippen LogP contribution in [0.3, 0.4) is 0 Å². The van der Waals surface area contributed by atoms with Gasteiger partial charge in [0.15, 0.2) is 11.5 Å². The summed E-state index contributed by atoms with van der Waals surface area (Å²) in [6, 6.07) is 29.4. The zero-order chi connectivity index (χ0) is 25.7. The lowest BCUT2D eigenvalue weighted by Gasteiger charge is -2.19. The molecule has 0 atom stereocenters. The van der Waals surface area contributed by atoms with Gasteiger partial charge in [0.25, 0.3) is 0 Å². The topological polar surface area (TPSA) is 52.6 Å². The van der Waals surface area contributed by atoms with Crippen LogP contribution in [0.5, 0.6) is 0 Å². The Morgan fingerprint density at radius 1 is 0.472 bits per heavy atom. The van der Waals surface area contributed by atoms with E-state index in [1.165, 1.54) is 0 Å². The highest BCUT2D eigenvalue weighted by atomic mass is 16.6. The van der Waals surface area contributed by atoms with Crippen LogP contribution in [0, 0.1) is 27.7 Å². The zero-order valence-corrected chi connectivity index (χ0v) is 20.9. The van der Waals surface area contributed by atoms with E-state index in [9.17, 15) is 9.59 Å². The molecule has 0 heterocycles. The number of hydrogen-bond acceptors (Lipinski definition) is 4. The average Bonchev–Trinajstić information content (AvgIpc) is 2.87. The lowest BCUT2D eigenvalue weighted by molar-refractivity contribution is 0.0646. The summed E-state index contributed by atoms with van der Waals surface area (Å²) in [6.45, 7) is 7.75. The zero-order valence-electron chi connectivity index (χ0n) is 20.9. The van der Waals surface area contributed by atoms with Gasteiger partial charge in [0.1, 0.15) is 0 Å². The fraction of sp³-hybridized carbons (Fsp3) is 0.125. The molecule has 0 radical (unpaired) electrons. The monoisotopic (exact) mass is 476 g/mol. The van der Waals surface area contributed by atoms with Gasteiger partial charge in [-0.3, -0.25) is 0 Å². The lowest BCUT2D eigenvalue weighted by atomic mass is 10.0. The standard InChI is InChI=1S/C32H28O4/c1-21-13-17-25(18-14-21)31(33)35-29(27-11-7-5-9-23(27)3)30(28-12-8-6-10-24(28)4)36-32(34)26-19-15-22(2)16-20-26/h5-20H,1-4H3/b30-29+. The molecule has 0 fully saturated rings. The second-order valence-electron chi connectivity index (χ2n) is 8.80. The molecule has 0 aromatic heterocycles. The SMILES string of the molecule is Cc1ccc(C(=O)O/C(=C(/OC(=O)c2ccc(C)cc2)c2ccccc2C)c2ccccc2C)cc1. The van der Waals surface area contributed by atoms with E-state index in [1.807, 2.05) is 100 Å². The Morgan fingerprint density at radius 2 is 0.806 bits per heavy atom. The first kappa shape index (κ1) is 24.7. The molecule has 4 heteroatoms. The van der Waals surface area contributed by atoms with E-state index in [4.69, 9.17) is 9.47 Å². The van der Waals surface area contributed by atoms with Gasteiger partial charge in [0.2, 0.25) is 0 Å². The van der Waals surface area contributed by atoms with Crippen LogP contribution in [0.15, 0.2) is 97.1 Å². The first-order valence-electron chi connectivity index (χ1n) is 11.8. The molecule has 0 bridgehead atoms. The van der Waals surface area contributed by atoms with Gasteiger partial charge >= 0.3 is 11.9 Å². The number of carbonyl (C=O) groups is 2. The van der Waals surface area contributed by atoms with Crippen LogP contribution in [0.25, 0.3) is 11.5 Å². The molecule has 4 aromatic rings. The number of carbonyl (C=O) groups excluding carboxylic acids is 2. The van der Waals surface area contributed by atoms with Crippen molar-refractivity contribution in [1.29, 1.82) is 0 Å². The molecule has 0 unspecified atom stereocenters. The molecule has 4 rings (SSSR count). The molecule has 0 aliphatic rings. The van der Waals surface area contributed by atoms with Crippen LogP contribution < -0.4 is 0 Å². The summed E-state index contributed by atoms with van der Waals surface area (Å²) < 4.78 is 12.1. The predicted octanol–water partition coefficient (Wildman–Crippen LogP) is 7.46. The van der Waals surface area contributed by atoms with Crippen molar-refractivity contribution in [2.45, 2.75) is 27.7 Å². The van der Waals surface area contributed by atoms with Gasteiger partial charge in [-0.1, -0.05) is 83.9 Å². The molecule has 0 saturated carbocycles. The van der Waals surface area contributed by atoms with E-state index >= 15 is 0 Å². The molecule has 0 aliphatic carbocycles. The lowest BCUT2D eigenvalue weighted by Crippen LogP contribution is -2.12. The third-order valence-electron chi connectivity index (χ3n) is 5.95. The first-order chi connectivity index (χ1) is 17.3. The molecule has 36 heavy (non-hydrogen) atoms. The number of benzene rings is 4. The maximum atomic E-state index is 13.3. The van der Waals surface area contributed by atoms with Crippen LogP contribution in [0.2, 0.25) is 0 Å². The minimum Gasteiger partial charge on any atom is -0.418 e. The van der Waals surface area contributed by atoms with Crippen molar-refractivity contribution in [2.75, 3.05) is 0 Å². The Kier molecular flexibility index (Phi) is 7.45. The van der Waals surface area contributed by atoms with E-state index in [1.54, 1.807) is 24.3 Å². The van der Waals surface area contributed by atoms with Gasteiger partial charge in [-0.05, 0) is 63.1 Å². The van der Waals surface area contributed by atoms with Crippen molar-refractivity contribution < 1.29 is 19.1 Å². The highest BCUT2D eigenvalue weighted by molar-refractivity contribution is 6.01. The van der Waals surface area contributed by atoms with Gasteiger partial charge in [0, 0.05) is 11.1 Å². The Bertz CT molecular complexity index is 1320. The van der Waals surface area contributed by atoms with E-state index in [2.05, 4.69) is 0 Å². The fourth-order valence-electron chi connectivity index (χ4n) is 3.79. The second-order valence-corrected chi connectivity index (χ2v) is 8.80. The fourth-order valence-corrected chi connectivity index (χ4v) is 3.79. The summed E-state index contributed by atoms with van der Waals surface area (Å²) in [5.41, 5.74) is 5.95. The van der Waals surface area contributed by atoms with Crippen LogP contribution in [0.1, 0.15) is 54.1 Å². The van der Waals surface area contributed by atoms with Crippen molar-refractivity contribution in [2.24, 2.45) is 0 Å². The molecular formula is C32H28O4. The summed E-state index contributed by atoms with van der Waals surface area (Å²) in [6.07, 6.45) is 0. The number of rotatable bonds is 6. The number of ether oxygens (including phenoxy) is 2. The quantitative estimate of drug-likeness (QED) is 0.165. The smallest absolute Gasteiger partial charge is 0.343 e. The number of aryl methyl sites for hydroxylation is 4. The molecule has 4 aromatic carbocycles. The molecule has 4 nitrogen and oxygen atoms in total. The Balaban J connectivity index is 1.89. The van der Waals surface area contributed by atoms with Gasteiger partial charge < -0.3 is 9.47 Å². The van der Waals surface area contributed by atoms with E-state index in [0.717, 1.165) is 22.3 Å². The summed E-state index contributed by atoms with van der Waals surface area (Å²) in [7, 11) is 0. The van der Waals surface area contributed by atoms with Crippen molar-refractivity contribution in [3.63, 3.8) is 0 Å². The number of hydrogen-bond donors (Lipinski definition) is 0. The van der Waals surface area contributed by atoms with Crippen molar-refractivity contribution in [3.05, 3.63) is 142 Å². The first-order valence-corrected chi connectivity index (χ1v) is 11.8. The van der Waals surface area contributed by atoms with Gasteiger partial charge in [-0.2, -0.15) is 0 Å². The van der Waals surface area contributed by atoms with Gasteiger partial charge in [-0.25, -0.2) is 9.59 Å². The van der Waals surface area contributed by atoms with Crippen LogP contribution in [-0.4, -0.2) is 11.9 Å². The molecule has 0 N–H and O–H groups in total. The Labute approximate surface area is 211 Å². The maximum Gasteiger partial charge on any atom is 0.343 e. The Hall–Kier alpha value is -4.44. The summed E-state index contributed by atoms with van der Waals surface area (Å²) in [4.78, 5) is 26.5. The molecule has 0 spiro atoms. The predicted molar refractivity (Wildman–Crippen MR) is 142 cm³/mol. The van der Waals surface area contributed by atoms with Crippen LogP contribution in [-0.2, 0) is 9.47 Å². The van der Waals surface area contributed by atoms with Gasteiger partial charge in [-0.15, -0.1) is 0 Å². The summed E-state index contributed by atoms with van der Waals surface area (Å²) in [5.74, 6) is -0.696. The third kappa shape index (κ3) is 5.61. The van der Waals surface area contributed by atoms with Crippen molar-refractivity contribution >= 4 is 23.5 Å². The van der Waals surface area contributed by atoms with Crippen LogP contribution >= 0.6 is 0 Å². The van der Waals surface area contributed by atoms with Crippen LogP contribution in [0.4, 0.5) is 0 Å². The molecular weight excluding hydrogens is 448 g/mol. The maximum absolute atomic E-state index is 13.3. The highest BCUT2D eigenvalue weighted by Crippen LogP contribution is 2.33. The van der Waals surface area contributed by atoms with E-state index < -0.39 is 11.9 Å². The van der Waals surface area contributed by atoms with E-state index in [0.29, 0.717) is 22.3 Å². The minimum absolute atomic E-state index is 0.188. The molecule has 180 valence electrons. The van der Waals surface area contributed by atoms with Crippen molar-refractivity contribution in [1.82, 2.24) is 0 Å². The average molecular weight is 477 g/mol. The summed E-state index contributed by atoms with van der Waals surface area (Å²) >= 11 is 0. The van der Waals surface area contributed by atoms with Crippen molar-refractivity contribution in [3.8, 4) is 0 Å². The summed E-state index contributed by atoms with van der Waals surface area (Å²) in [5, 5.41) is 0. The largest absolute Gasteiger partial charge is 0.418 e. The molecule has 0 amide bonds. The third-order valence-corrected chi connectivity index (χ3v) is 5.95.